The van der Waals surface area contributed by atoms with Crippen molar-refractivity contribution in [2.45, 2.75) is 72.2 Å². The lowest BCUT2D eigenvalue weighted by molar-refractivity contribution is -0.153. The predicted molar refractivity (Wildman–Crippen MR) is 107 cm³/mol. The second-order valence-corrected chi connectivity index (χ2v) is 15.5. The van der Waals surface area contributed by atoms with Crippen molar-refractivity contribution >= 4 is 30.3 Å². The van der Waals surface area contributed by atoms with Crippen molar-refractivity contribution in [1.82, 2.24) is 5.32 Å². The lowest BCUT2D eigenvalue weighted by atomic mass is 9.88. The SMILES string of the molecule is CC(=O)NCCCS(=O)(=O)OCC(C)(C)C(O[Si](C)(C)C(C)(C)C)C(=O)O. The van der Waals surface area contributed by atoms with Gasteiger partial charge in [-0.25, -0.2) is 4.79 Å². The molecule has 2 N–H and O–H groups in total. The first kappa shape index (κ1) is 26.0. The lowest BCUT2D eigenvalue weighted by Gasteiger charge is -2.42. The van der Waals surface area contributed by atoms with Gasteiger partial charge in [0.05, 0.1) is 12.4 Å². The summed E-state index contributed by atoms with van der Waals surface area (Å²) >= 11 is 0. The van der Waals surface area contributed by atoms with Crippen molar-refractivity contribution in [3.63, 3.8) is 0 Å². The third kappa shape index (κ3) is 9.18. The normalized spacial score (nSPS) is 14.7. The van der Waals surface area contributed by atoms with Gasteiger partial charge in [0, 0.05) is 18.9 Å². The molecule has 10 heteroatoms. The van der Waals surface area contributed by atoms with Gasteiger partial charge in [0.25, 0.3) is 10.1 Å². The summed E-state index contributed by atoms with van der Waals surface area (Å²) in [6.45, 7) is 14.4. The molecule has 0 aromatic heterocycles. The average molecular weight is 426 g/mol. The van der Waals surface area contributed by atoms with E-state index in [4.69, 9.17) is 8.61 Å². The van der Waals surface area contributed by atoms with Crippen LogP contribution in [0.4, 0.5) is 0 Å². The zero-order valence-electron chi connectivity index (χ0n) is 17.7. The molecule has 160 valence electrons. The minimum atomic E-state index is -3.83. The smallest absolute Gasteiger partial charge is 0.332 e. The fourth-order valence-electron chi connectivity index (χ4n) is 1.91. The predicted octanol–water partition coefficient (Wildman–Crippen LogP) is 2.36. The van der Waals surface area contributed by atoms with E-state index in [1.807, 2.05) is 33.9 Å². The van der Waals surface area contributed by atoms with Crippen molar-refractivity contribution < 1.29 is 31.7 Å². The van der Waals surface area contributed by atoms with Gasteiger partial charge >= 0.3 is 5.97 Å². The van der Waals surface area contributed by atoms with Gasteiger partial charge in [0.2, 0.25) is 5.91 Å². The van der Waals surface area contributed by atoms with Crippen molar-refractivity contribution in [2.24, 2.45) is 5.41 Å². The molecule has 0 bridgehead atoms. The number of carbonyl (C=O) groups excluding carboxylic acids is 1. The molecule has 0 rings (SSSR count). The largest absolute Gasteiger partial charge is 0.479 e. The zero-order valence-corrected chi connectivity index (χ0v) is 19.5. The first-order valence-corrected chi connectivity index (χ1v) is 13.4. The maximum Gasteiger partial charge on any atom is 0.332 e. The number of nitrogens with one attached hydrogen (secondary N) is 1. The van der Waals surface area contributed by atoms with Crippen LogP contribution in [0, 0.1) is 5.41 Å². The van der Waals surface area contributed by atoms with Crippen molar-refractivity contribution in [2.75, 3.05) is 18.9 Å². The summed E-state index contributed by atoms with van der Waals surface area (Å²) in [5.41, 5.74) is -1.05. The number of amides is 1. The van der Waals surface area contributed by atoms with E-state index in [-0.39, 0.29) is 36.3 Å². The summed E-state index contributed by atoms with van der Waals surface area (Å²) in [5.74, 6) is -1.64. The van der Waals surface area contributed by atoms with Gasteiger partial charge in [-0.15, -0.1) is 0 Å². The molecule has 0 saturated carbocycles. The highest BCUT2D eigenvalue weighted by Crippen LogP contribution is 2.40. The number of carboxylic acids is 1. The maximum atomic E-state index is 12.0. The van der Waals surface area contributed by atoms with E-state index in [9.17, 15) is 23.1 Å². The van der Waals surface area contributed by atoms with Crippen LogP contribution >= 0.6 is 0 Å². The average Bonchev–Trinajstić information content (AvgIpc) is 2.46. The standard InChI is InChI=1S/C17H35NO7SSi/c1-13(19)18-10-9-11-26(22,23)24-12-17(5,6)14(15(20)21)25-27(7,8)16(2,3)4/h14H,9-12H2,1-8H3,(H,18,19)(H,20,21). The van der Waals surface area contributed by atoms with Gasteiger partial charge in [-0.1, -0.05) is 34.6 Å². The molecule has 0 saturated heterocycles. The molecule has 0 aromatic rings. The fraction of sp³-hybridized carbons (Fsp3) is 0.882. The van der Waals surface area contributed by atoms with Gasteiger partial charge in [-0.05, 0) is 24.6 Å². The van der Waals surface area contributed by atoms with E-state index in [0.717, 1.165) is 0 Å². The lowest BCUT2D eigenvalue weighted by Crippen LogP contribution is -2.52. The highest BCUT2D eigenvalue weighted by Gasteiger charge is 2.46. The molecule has 0 aliphatic heterocycles. The van der Waals surface area contributed by atoms with Crippen molar-refractivity contribution in [3.05, 3.63) is 0 Å². The zero-order chi connectivity index (χ0) is 21.7. The molecule has 0 aliphatic rings. The van der Waals surface area contributed by atoms with E-state index in [0.29, 0.717) is 0 Å². The second-order valence-electron chi connectivity index (χ2n) is 8.95. The summed E-state index contributed by atoms with van der Waals surface area (Å²) in [7, 11) is -6.21. The van der Waals surface area contributed by atoms with Crippen LogP contribution in [0.5, 0.6) is 0 Å². The molecule has 0 spiro atoms. The van der Waals surface area contributed by atoms with E-state index in [1.54, 1.807) is 13.8 Å². The maximum absolute atomic E-state index is 12.0. The molecule has 1 unspecified atom stereocenters. The van der Waals surface area contributed by atoms with Gasteiger partial charge in [0.1, 0.15) is 0 Å². The highest BCUT2D eigenvalue weighted by molar-refractivity contribution is 7.86. The Morgan fingerprint density at radius 3 is 2.07 bits per heavy atom. The summed E-state index contributed by atoms with van der Waals surface area (Å²) < 4.78 is 35.2. The van der Waals surface area contributed by atoms with Crippen LogP contribution in [0.3, 0.4) is 0 Å². The Morgan fingerprint density at radius 1 is 1.15 bits per heavy atom. The Labute approximate surface area is 164 Å². The second kappa shape index (κ2) is 9.49. The number of rotatable bonds is 11. The third-order valence-corrected chi connectivity index (χ3v) is 10.4. The molecular weight excluding hydrogens is 390 g/mol. The van der Waals surface area contributed by atoms with Crippen LogP contribution in [0.2, 0.25) is 18.1 Å². The van der Waals surface area contributed by atoms with E-state index in [1.165, 1.54) is 6.92 Å². The molecule has 27 heavy (non-hydrogen) atoms. The van der Waals surface area contributed by atoms with Crippen LogP contribution in [0.15, 0.2) is 0 Å². The number of carbonyl (C=O) groups is 2. The monoisotopic (exact) mass is 425 g/mol. The summed E-state index contributed by atoms with van der Waals surface area (Å²) in [6.07, 6.45) is -0.974. The minimum absolute atomic E-state index is 0.187. The molecule has 1 amide bonds. The molecule has 0 fully saturated rings. The molecule has 0 heterocycles. The summed E-state index contributed by atoms with van der Waals surface area (Å²) in [6, 6.07) is 0. The van der Waals surface area contributed by atoms with Crippen LogP contribution in [-0.4, -0.2) is 58.7 Å². The van der Waals surface area contributed by atoms with Crippen molar-refractivity contribution in [1.29, 1.82) is 0 Å². The molecule has 8 nitrogen and oxygen atoms in total. The molecule has 0 radical (unpaired) electrons. The van der Waals surface area contributed by atoms with Crippen LogP contribution in [-0.2, 0) is 28.3 Å². The Morgan fingerprint density at radius 2 is 1.67 bits per heavy atom. The highest BCUT2D eigenvalue weighted by atomic mass is 32.2. The van der Waals surface area contributed by atoms with E-state index < -0.39 is 35.9 Å². The minimum Gasteiger partial charge on any atom is -0.479 e. The van der Waals surface area contributed by atoms with Gasteiger partial charge in [-0.3, -0.25) is 8.98 Å². The van der Waals surface area contributed by atoms with Gasteiger partial charge in [0.15, 0.2) is 14.4 Å². The molecule has 0 aliphatic carbocycles. The topological polar surface area (TPSA) is 119 Å². The summed E-state index contributed by atoms with van der Waals surface area (Å²) in [4.78, 5) is 22.6. The Kier molecular flexibility index (Phi) is 9.14. The third-order valence-electron chi connectivity index (χ3n) is 4.71. The Hall–Kier alpha value is -0.973. The number of hydrogen-bond donors (Lipinski definition) is 2. The number of aliphatic carboxylic acids is 1. The quantitative estimate of drug-likeness (QED) is 0.296. The first-order valence-electron chi connectivity index (χ1n) is 8.93. The van der Waals surface area contributed by atoms with Gasteiger partial charge < -0.3 is 14.8 Å². The molecule has 1 atom stereocenters. The molecule has 0 aromatic carbocycles. The first-order chi connectivity index (χ1) is 11.9. The summed E-state index contributed by atoms with van der Waals surface area (Å²) in [5, 5.41) is 12.0. The van der Waals surface area contributed by atoms with Crippen LogP contribution in [0.1, 0.15) is 48.0 Å². The molecular formula is C17H35NO7SSi. The van der Waals surface area contributed by atoms with E-state index >= 15 is 0 Å². The fourth-order valence-corrected chi connectivity index (χ4v) is 4.37. The Bertz CT molecular complexity index is 624. The Balaban J connectivity index is 5.02. The van der Waals surface area contributed by atoms with Gasteiger partial charge in [-0.2, -0.15) is 8.42 Å². The number of hydrogen-bond acceptors (Lipinski definition) is 6. The van der Waals surface area contributed by atoms with Crippen LogP contribution in [0.25, 0.3) is 0 Å². The van der Waals surface area contributed by atoms with Crippen molar-refractivity contribution in [3.8, 4) is 0 Å². The van der Waals surface area contributed by atoms with E-state index in [2.05, 4.69) is 5.32 Å². The van der Waals surface area contributed by atoms with Crippen LogP contribution < -0.4 is 5.32 Å². The number of carboxylic acid groups (broad SMARTS) is 1.